The molecule has 0 bridgehead atoms. The minimum Gasteiger partial charge on any atom is -0.497 e. The maximum Gasteiger partial charge on any atom is 0.251 e. The summed E-state index contributed by atoms with van der Waals surface area (Å²) in [6.07, 6.45) is 5.11. The van der Waals surface area contributed by atoms with E-state index in [4.69, 9.17) is 4.74 Å². The number of carbonyl (C=O) groups excluding carboxylic acids is 1. The van der Waals surface area contributed by atoms with Crippen molar-refractivity contribution in [2.75, 3.05) is 39.8 Å². The van der Waals surface area contributed by atoms with Gasteiger partial charge >= 0.3 is 0 Å². The molecule has 2 heterocycles. The summed E-state index contributed by atoms with van der Waals surface area (Å²) in [4.78, 5) is 15.7. The number of aryl methyl sites for hydroxylation is 1. The number of likely N-dealkylation sites (tertiary alicyclic amines) is 1. The third kappa shape index (κ3) is 5.45. The van der Waals surface area contributed by atoms with E-state index in [1.54, 1.807) is 30.5 Å². The highest BCUT2D eigenvalue weighted by molar-refractivity contribution is 7.89. The molecule has 1 atom stereocenters. The first-order valence-corrected chi connectivity index (χ1v) is 13.6. The SMILES string of the molecule is COc1ccc(C(CNC(=O)c2ccc(C)c(S(=O)(=O)N3CCCCC3)c2)N2CCCC2)cc1. The summed E-state index contributed by atoms with van der Waals surface area (Å²) in [5, 5.41) is 3.06. The molecule has 0 aromatic heterocycles. The summed E-state index contributed by atoms with van der Waals surface area (Å²) in [6.45, 7) is 5.30. The van der Waals surface area contributed by atoms with Crippen LogP contribution in [0.4, 0.5) is 0 Å². The molecule has 0 radical (unpaired) electrons. The molecule has 7 nitrogen and oxygen atoms in total. The normalized spacial score (nSPS) is 18.5. The lowest BCUT2D eigenvalue weighted by Crippen LogP contribution is -2.37. The van der Waals surface area contributed by atoms with E-state index in [0.717, 1.165) is 56.5 Å². The summed E-state index contributed by atoms with van der Waals surface area (Å²) < 4.78 is 33.3. The smallest absolute Gasteiger partial charge is 0.251 e. The predicted octanol–water partition coefficient (Wildman–Crippen LogP) is 3.75. The molecule has 8 heteroatoms. The van der Waals surface area contributed by atoms with Gasteiger partial charge in [-0.25, -0.2) is 8.42 Å². The van der Waals surface area contributed by atoms with E-state index in [9.17, 15) is 13.2 Å². The van der Waals surface area contributed by atoms with Crippen LogP contribution in [0.2, 0.25) is 0 Å². The van der Waals surface area contributed by atoms with Gasteiger partial charge in [0.25, 0.3) is 5.91 Å². The van der Waals surface area contributed by atoms with Crippen LogP contribution in [0.15, 0.2) is 47.4 Å². The fraction of sp³-hybridized carbons (Fsp3) is 0.500. The summed E-state index contributed by atoms with van der Waals surface area (Å²) in [7, 11) is -1.96. The lowest BCUT2D eigenvalue weighted by atomic mass is 10.0. The Balaban J connectivity index is 1.51. The molecule has 2 aliphatic rings. The molecule has 34 heavy (non-hydrogen) atoms. The van der Waals surface area contributed by atoms with Gasteiger partial charge in [0.15, 0.2) is 0 Å². The zero-order valence-corrected chi connectivity index (χ0v) is 20.9. The number of amides is 1. The van der Waals surface area contributed by atoms with E-state index in [2.05, 4.69) is 10.2 Å². The molecule has 2 aromatic rings. The van der Waals surface area contributed by atoms with E-state index >= 15 is 0 Å². The van der Waals surface area contributed by atoms with Crippen LogP contribution in [0.3, 0.4) is 0 Å². The minimum atomic E-state index is -3.61. The summed E-state index contributed by atoms with van der Waals surface area (Å²) in [5.41, 5.74) is 2.16. The van der Waals surface area contributed by atoms with Gasteiger partial charge in [-0.3, -0.25) is 9.69 Å². The Labute approximate surface area is 203 Å². The Kier molecular flexibility index (Phi) is 7.91. The first-order chi connectivity index (χ1) is 16.4. The van der Waals surface area contributed by atoms with Crippen molar-refractivity contribution in [3.05, 3.63) is 59.2 Å². The highest BCUT2D eigenvalue weighted by Gasteiger charge is 2.29. The van der Waals surface area contributed by atoms with Crippen molar-refractivity contribution < 1.29 is 17.9 Å². The number of ether oxygens (including phenoxy) is 1. The van der Waals surface area contributed by atoms with Gasteiger partial charge in [-0.2, -0.15) is 4.31 Å². The van der Waals surface area contributed by atoms with Crippen molar-refractivity contribution >= 4 is 15.9 Å². The van der Waals surface area contributed by atoms with Crippen molar-refractivity contribution in [1.82, 2.24) is 14.5 Å². The van der Waals surface area contributed by atoms with E-state index < -0.39 is 10.0 Å². The Morgan fingerprint density at radius 1 is 0.971 bits per heavy atom. The van der Waals surface area contributed by atoms with Crippen molar-refractivity contribution in [1.29, 1.82) is 0 Å². The highest BCUT2D eigenvalue weighted by atomic mass is 32.2. The number of sulfonamides is 1. The Hall–Kier alpha value is -2.42. The molecule has 4 rings (SSSR count). The maximum absolute atomic E-state index is 13.2. The zero-order valence-electron chi connectivity index (χ0n) is 20.1. The van der Waals surface area contributed by atoms with Gasteiger partial charge in [0.2, 0.25) is 10.0 Å². The fourth-order valence-corrected chi connectivity index (χ4v) is 6.66. The summed E-state index contributed by atoms with van der Waals surface area (Å²) in [5.74, 6) is 0.544. The largest absolute Gasteiger partial charge is 0.497 e. The highest BCUT2D eigenvalue weighted by Crippen LogP contribution is 2.27. The number of benzene rings is 2. The molecule has 2 saturated heterocycles. The van der Waals surface area contributed by atoms with Crippen LogP contribution in [0, 0.1) is 6.92 Å². The molecule has 0 aliphatic carbocycles. The number of nitrogens with one attached hydrogen (secondary N) is 1. The molecule has 0 saturated carbocycles. The topological polar surface area (TPSA) is 78.9 Å². The van der Waals surface area contributed by atoms with Crippen LogP contribution in [0.5, 0.6) is 5.75 Å². The summed E-state index contributed by atoms with van der Waals surface area (Å²) >= 11 is 0. The van der Waals surface area contributed by atoms with Gasteiger partial charge in [-0.1, -0.05) is 24.6 Å². The number of carbonyl (C=O) groups is 1. The van der Waals surface area contributed by atoms with Gasteiger partial charge in [-0.15, -0.1) is 0 Å². The molecular formula is C26H35N3O4S. The number of nitrogens with zero attached hydrogens (tertiary/aromatic N) is 2. The lowest BCUT2D eigenvalue weighted by molar-refractivity contribution is 0.0937. The van der Waals surface area contributed by atoms with Gasteiger partial charge in [-0.05, 0) is 81.1 Å². The summed E-state index contributed by atoms with van der Waals surface area (Å²) in [6, 6.07) is 13.0. The predicted molar refractivity (Wildman–Crippen MR) is 133 cm³/mol. The Morgan fingerprint density at radius 3 is 2.26 bits per heavy atom. The molecular weight excluding hydrogens is 450 g/mol. The van der Waals surface area contributed by atoms with Gasteiger partial charge in [0.1, 0.15) is 5.75 Å². The molecule has 184 valence electrons. The third-order valence-corrected chi connectivity index (χ3v) is 8.96. The van der Waals surface area contributed by atoms with E-state index in [1.165, 1.54) is 6.07 Å². The van der Waals surface area contributed by atoms with Crippen LogP contribution < -0.4 is 10.1 Å². The minimum absolute atomic E-state index is 0.0550. The van der Waals surface area contributed by atoms with Gasteiger partial charge < -0.3 is 10.1 Å². The second kappa shape index (κ2) is 10.9. The molecule has 2 aliphatic heterocycles. The lowest BCUT2D eigenvalue weighted by Gasteiger charge is -2.28. The molecule has 2 aromatic carbocycles. The average molecular weight is 486 g/mol. The van der Waals surface area contributed by atoms with Crippen molar-refractivity contribution in [3.63, 3.8) is 0 Å². The fourth-order valence-electron chi connectivity index (χ4n) is 4.89. The quantitative estimate of drug-likeness (QED) is 0.616. The maximum atomic E-state index is 13.2. The second-order valence-corrected chi connectivity index (χ2v) is 11.1. The molecule has 2 fully saturated rings. The average Bonchev–Trinajstić information content (AvgIpc) is 3.40. The van der Waals surface area contributed by atoms with Crippen LogP contribution in [0.25, 0.3) is 0 Å². The number of methoxy groups -OCH3 is 1. The first kappa shape index (κ1) is 24.7. The van der Waals surface area contributed by atoms with E-state index in [1.807, 2.05) is 24.3 Å². The van der Waals surface area contributed by atoms with E-state index in [0.29, 0.717) is 30.8 Å². The van der Waals surface area contributed by atoms with E-state index in [-0.39, 0.29) is 16.8 Å². The van der Waals surface area contributed by atoms with Gasteiger partial charge in [0.05, 0.1) is 18.0 Å². The number of piperidine rings is 1. The molecule has 0 spiro atoms. The van der Waals surface area contributed by atoms with Crippen LogP contribution >= 0.6 is 0 Å². The van der Waals surface area contributed by atoms with Gasteiger partial charge in [0, 0.05) is 25.2 Å². The second-order valence-electron chi connectivity index (χ2n) is 9.19. The van der Waals surface area contributed by atoms with Crippen LogP contribution in [-0.2, 0) is 10.0 Å². The monoisotopic (exact) mass is 485 g/mol. The van der Waals surface area contributed by atoms with Crippen LogP contribution in [-0.4, -0.2) is 63.4 Å². The molecule has 1 N–H and O–H groups in total. The van der Waals surface area contributed by atoms with Crippen LogP contribution in [0.1, 0.15) is 59.6 Å². The molecule has 1 amide bonds. The Morgan fingerprint density at radius 2 is 1.62 bits per heavy atom. The third-order valence-electron chi connectivity index (χ3n) is 6.92. The standard InChI is InChI=1S/C26H35N3O4S/c1-20-8-9-22(18-25(20)34(31,32)29-16-4-3-5-17-29)26(30)27-19-24(28-14-6-7-15-28)21-10-12-23(33-2)13-11-21/h8-13,18,24H,3-7,14-17,19H2,1-2H3,(H,27,30). The van der Waals surface area contributed by atoms with Crippen molar-refractivity contribution in [2.24, 2.45) is 0 Å². The number of hydrogen-bond acceptors (Lipinski definition) is 5. The first-order valence-electron chi connectivity index (χ1n) is 12.2. The number of hydrogen-bond donors (Lipinski definition) is 1. The number of rotatable bonds is 8. The zero-order chi connectivity index (χ0) is 24.1. The molecule has 1 unspecified atom stereocenters. The Bertz CT molecular complexity index is 1090. The van der Waals surface area contributed by atoms with Crippen molar-refractivity contribution in [3.8, 4) is 5.75 Å². The van der Waals surface area contributed by atoms with Crippen molar-refractivity contribution in [2.45, 2.75) is 50.0 Å².